The average molecular weight is 340 g/mol. The molecule has 0 aliphatic carbocycles. The molecule has 0 aromatic carbocycles. The monoisotopic (exact) mass is 340 g/mol. The fraction of sp³-hybridized carbons (Fsp3) is 0.765. The van der Waals surface area contributed by atoms with E-state index in [2.05, 4.69) is 11.9 Å². The number of hydrogen-bond acceptors (Lipinski definition) is 5. The fourth-order valence-electron chi connectivity index (χ4n) is 3.05. The van der Waals surface area contributed by atoms with Crippen LogP contribution >= 0.6 is 0 Å². The molecule has 7 heteroatoms. The molecule has 2 aliphatic rings. The molecule has 7 nitrogen and oxygen atoms in total. The van der Waals surface area contributed by atoms with Gasteiger partial charge in [-0.05, 0) is 40.0 Å². The van der Waals surface area contributed by atoms with E-state index in [1.54, 1.807) is 4.90 Å². The van der Waals surface area contributed by atoms with E-state index in [1.807, 2.05) is 20.8 Å². The van der Waals surface area contributed by atoms with Gasteiger partial charge in [-0.2, -0.15) is 0 Å². The number of carbonyl (C=O) groups is 2. The van der Waals surface area contributed by atoms with Crippen molar-refractivity contribution in [1.29, 1.82) is 0 Å². The van der Waals surface area contributed by atoms with E-state index in [0.29, 0.717) is 19.7 Å². The average Bonchev–Trinajstić information content (AvgIpc) is 2.86. The normalized spacial score (nSPS) is 23.0. The molecule has 24 heavy (non-hydrogen) atoms. The largest absolute Gasteiger partial charge is 0.445 e. The number of nitrogens with zero attached hydrogens (tertiary/aromatic N) is 1. The van der Waals surface area contributed by atoms with E-state index in [4.69, 9.17) is 14.2 Å². The quantitative estimate of drug-likeness (QED) is 0.799. The number of alkyl carbamates (subject to hydrolysis) is 1. The topological polar surface area (TPSA) is 77.1 Å². The Bertz CT molecular complexity index is 478. The molecule has 1 N–H and O–H groups in total. The zero-order chi connectivity index (χ0) is 17.8. The van der Waals surface area contributed by atoms with Crippen molar-refractivity contribution in [3.8, 4) is 0 Å². The van der Waals surface area contributed by atoms with E-state index in [-0.39, 0.29) is 24.3 Å². The second-order valence-corrected chi connectivity index (χ2v) is 7.39. The molecule has 2 amide bonds. The van der Waals surface area contributed by atoms with Crippen LogP contribution in [0.15, 0.2) is 12.7 Å². The maximum Gasteiger partial charge on any atom is 0.410 e. The summed E-state index contributed by atoms with van der Waals surface area (Å²) in [5.41, 5.74) is -0.758. The molecule has 0 aromatic heterocycles. The minimum Gasteiger partial charge on any atom is -0.445 e. The van der Waals surface area contributed by atoms with Crippen LogP contribution < -0.4 is 5.32 Å². The van der Waals surface area contributed by atoms with Gasteiger partial charge >= 0.3 is 12.2 Å². The molecular weight excluding hydrogens is 312 g/mol. The zero-order valence-corrected chi connectivity index (χ0v) is 14.8. The predicted octanol–water partition coefficient (Wildman–Crippen LogP) is 2.46. The van der Waals surface area contributed by atoms with Crippen molar-refractivity contribution in [2.24, 2.45) is 0 Å². The van der Waals surface area contributed by atoms with Crippen LogP contribution in [-0.2, 0) is 14.2 Å². The first-order valence-corrected chi connectivity index (χ1v) is 8.39. The van der Waals surface area contributed by atoms with E-state index < -0.39 is 11.7 Å². The van der Waals surface area contributed by atoms with Crippen LogP contribution in [0.5, 0.6) is 0 Å². The molecule has 0 bridgehead atoms. The Kier molecular flexibility index (Phi) is 5.74. The lowest BCUT2D eigenvalue weighted by Gasteiger charge is -2.39. The number of piperidine rings is 1. The van der Waals surface area contributed by atoms with Gasteiger partial charge in [0.25, 0.3) is 0 Å². The van der Waals surface area contributed by atoms with Crippen LogP contribution in [0.25, 0.3) is 0 Å². The van der Waals surface area contributed by atoms with Crippen molar-refractivity contribution in [1.82, 2.24) is 10.2 Å². The second-order valence-electron chi connectivity index (χ2n) is 7.39. The molecule has 2 fully saturated rings. The highest BCUT2D eigenvalue weighted by Gasteiger charge is 2.44. The van der Waals surface area contributed by atoms with Gasteiger partial charge in [-0.15, -0.1) is 0 Å². The summed E-state index contributed by atoms with van der Waals surface area (Å²) in [6.45, 7) is 10.9. The first kappa shape index (κ1) is 18.6. The third-order valence-electron chi connectivity index (χ3n) is 4.19. The number of amides is 2. The molecule has 0 saturated carbocycles. The minimum absolute atomic E-state index is 0.0598. The van der Waals surface area contributed by atoms with Gasteiger partial charge in [0.1, 0.15) is 12.2 Å². The van der Waals surface area contributed by atoms with E-state index >= 15 is 0 Å². The van der Waals surface area contributed by atoms with Crippen LogP contribution in [0, 0.1) is 0 Å². The Morgan fingerprint density at radius 1 is 1.38 bits per heavy atom. The summed E-state index contributed by atoms with van der Waals surface area (Å²) in [6, 6.07) is -0.0598. The SMILES string of the molecule is C=CCOC(=O)NC1COC2(CCN(C(=O)OC(C)(C)C)CC2)C1. The van der Waals surface area contributed by atoms with Crippen molar-refractivity contribution in [3.63, 3.8) is 0 Å². The van der Waals surface area contributed by atoms with Crippen LogP contribution in [0.1, 0.15) is 40.0 Å². The number of likely N-dealkylation sites (tertiary alicyclic amines) is 1. The predicted molar refractivity (Wildman–Crippen MR) is 88.8 cm³/mol. The van der Waals surface area contributed by atoms with E-state index in [9.17, 15) is 9.59 Å². The van der Waals surface area contributed by atoms with E-state index in [1.165, 1.54) is 6.08 Å². The van der Waals surface area contributed by atoms with Crippen molar-refractivity contribution in [2.75, 3.05) is 26.3 Å². The second kappa shape index (κ2) is 7.42. The van der Waals surface area contributed by atoms with Crippen molar-refractivity contribution in [2.45, 2.75) is 57.3 Å². The Balaban J connectivity index is 1.78. The van der Waals surface area contributed by atoms with Gasteiger partial charge < -0.3 is 24.4 Å². The van der Waals surface area contributed by atoms with Crippen molar-refractivity contribution >= 4 is 12.2 Å². The molecule has 136 valence electrons. The summed E-state index contributed by atoms with van der Waals surface area (Å²) < 4.78 is 16.3. The first-order valence-electron chi connectivity index (χ1n) is 8.39. The van der Waals surface area contributed by atoms with Gasteiger partial charge in [0.05, 0.1) is 18.2 Å². The number of rotatable bonds is 3. The van der Waals surface area contributed by atoms with Gasteiger partial charge in [0, 0.05) is 13.1 Å². The lowest BCUT2D eigenvalue weighted by molar-refractivity contribution is -0.0486. The number of nitrogens with one attached hydrogen (secondary N) is 1. The molecule has 1 spiro atoms. The van der Waals surface area contributed by atoms with Crippen LogP contribution in [-0.4, -0.2) is 60.6 Å². The highest BCUT2D eigenvalue weighted by atomic mass is 16.6. The third-order valence-corrected chi connectivity index (χ3v) is 4.19. The van der Waals surface area contributed by atoms with Gasteiger partial charge in [-0.25, -0.2) is 9.59 Å². The Morgan fingerprint density at radius 3 is 2.62 bits per heavy atom. The molecule has 1 atom stereocenters. The summed E-state index contributed by atoms with van der Waals surface area (Å²) in [5.74, 6) is 0. The Hall–Kier alpha value is -1.76. The molecule has 1 unspecified atom stereocenters. The van der Waals surface area contributed by atoms with Gasteiger partial charge in [0.15, 0.2) is 0 Å². The third kappa shape index (κ3) is 5.12. The Labute approximate surface area is 143 Å². The lowest BCUT2D eigenvalue weighted by atomic mass is 9.87. The summed E-state index contributed by atoms with van der Waals surface area (Å²) in [4.78, 5) is 25.4. The number of hydrogen-bond donors (Lipinski definition) is 1. The maximum absolute atomic E-state index is 12.1. The lowest BCUT2D eigenvalue weighted by Crippen LogP contribution is -2.48. The summed E-state index contributed by atoms with van der Waals surface area (Å²) >= 11 is 0. The summed E-state index contributed by atoms with van der Waals surface area (Å²) in [5, 5.41) is 2.81. The highest BCUT2D eigenvalue weighted by molar-refractivity contribution is 5.68. The molecule has 0 radical (unpaired) electrons. The van der Waals surface area contributed by atoms with Gasteiger partial charge in [0.2, 0.25) is 0 Å². The van der Waals surface area contributed by atoms with Crippen LogP contribution in [0.3, 0.4) is 0 Å². The molecule has 2 aliphatic heterocycles. The van der Waals surface area contributed by atoms with Crippen molar-refractivity contribution < 1.29 is 23.8 Å². The smallest absolute Gasteiger partial charge is 0.410 e. The number of ether oxygens (including phenoxy) is 3. The van der Waals surface area contributed by atoms with Gasteiger partial charge in [-0.1, -0.05) is 12.7 Å². The summed E-state index contributed by atoms with van der Waals surface area (Å²) in [7, 11) is 0. The zero-order valence-electron chi connectivity index (χ0n) is 14.8. The first-order chi connectivity index (χ1) is 11.2. The molecule has 2 heterocycles. The number of carbonyl (C=O) groups excluding carboxylic acids is 2. The van der Waals surface area contributed by atoms with Crippen LogP contribution in [0.2, 0.25) is 0 Å². The van der Waals surface area contributed by atoms with Gasteiger partial charge in [-0.3, -0.25) is 0 Å². The molecule has 0 aromatic rings. The standard InChI is InChI=1S/C17H28N2O5/c1-5-10-22-14(20)18-13-11-17(23-12-13)6-8-19(9-7-17)15(21)24-16(2,3)4/h5,13H,1,6-12H2,2-4H3,(H,18,20). The molecule has 2 saturated heterocycles. The minimum atomic E-state index is -0.489. The highest BCUT2D eigenvalue weighted by Crippen LogP contribution is 2.36. The Morgan fingerprint density at radius 2 is 2.04 bits per heavy atom. The fourth-order valence-corrected chi connectivity index (χ4v) is 3.05. The summed E-state index contributed by atoms with van der Waals surface area (Å²) in [6.07, 6.45) is 3.01. The maximum atomic E-state index is 12.1. The molecular formula is C17H28N2O5. The van der Waals surface area contributed by atoms with Crippen LogP contribution in [0.4, 0.5) is 9.59 Å². The molecule has 2 rings (SSSR count). The van der Waals surface area contributed by atoms with Crippen molar-refractivity contribution in [3.05, 3.63) is 12.7 Å². The van der Waals surface area contributed by atoms with E-state index in [0.717, 1.165) is 19.3 Å².